The van der Waals surface area contributed by atoms with E-state index in [-0.39, 0.29) is 18.2 Å². The van der Waals surface area contributed by atoms with Gasteiger partial charge in [0.2, 0.25) is 5.91 Å². The summed E-state index contributed by atoms with van der Waals surface area (Å²) in [5.41, 5.74) is 0.681. The van der Waals surface area contributed by atoms with Gasteiger partial charge in [0.1, 0.15) is 5.76 Å². The molecule has 2 unspecified atom stereocenters. The van der Waals surface area contributed by atoms with Gasteiger partial charge >= 0.3 is 0 Å². The summed E-state index contributed by atoms with van der Waals surface area (Å²) >= 11 is 0. The topological polar surface area (TPSA) is 97.8 Å². The van der Waals surface area contributed by atoms with Gasteiger partial charge in [0.25, 0.3) is 5.91 Å². The summed E-state index contributed by atoms with van der Waals surface area (Å²) in [6.07, 6.45) is 5.13. The van der Waals surface area contributed by atoms with Crippen molar-refractivity contribution in [3.8, 4) is 0 Å². The number of aromatic nitrogens is 2. The van der Waals surface area contributed by atoms with Crippen LogP contribution < -0.4 is 0 Å². The molecule has 0 radical (unpaired) electrons. The fourth-order valence-electron chi connectivity index (χ4n) is 3.05. The van der Waals surface area contributed by atoms with Crippen molar-refractivity contribution in [2.75, 3.05) is 12.8 Å². The van der Waals surface area contributed by atoms with Crippen LogP contribution in [0.1, 0.15) is 31.7 Å². The Morgan fingerprint density at radius 1 is 1.41 bits per heavy atom. The zero-order valence-electron chi connectivity index (χ0n) is 15.8. The first-order chi connectivity index (χ1) is 12.8. The Balaban J connectivity index is 1.85. The second kappa shape index (κ2) is 7.67. The van der Waals surface area contributed by atoms with Crippen molar-refractivity contribution in [2.24, 2.45) is 10.3 Å². The number of fused-ring (bicyclic) bond motifs is 1. The highest BCUT2D eigenvalue weighted by atomic mass is 32.2. The summed E-state index contributed by atoms with van der Waals surface area (Å²) in [5, 5.41) is 4.27. The minimum absolute atomic E-state index is 0.0417. The van der Waals surface area contributed by atoms with Crippen LogP contribution in [0.4, 0.5) is 0 Å². The third-order valence-corrected chi connectivity index (χ3v) is 6.48. The van der Waals surface area contributed by atoms with Gasteiger partial charge in [0, 0.05) is 18.7 Å². The van der Waals surface area contributed by atoms with Crippen LogP contribution in [0.25, 0.3) is 0 Å². The van der Waals surface area contributed by atoms with Gasteiger partial charge in [-0.15, -0.1) is 0 Å². The van der Waals surface area contributed by atoms with Crippen LogP contribution in [0.15, 0.2) is 38.3 Å². The number of hydrogen-bond acceptors (Lipinski definition) is 5. The molecule has 2 atom stereocenters. The van der Waals surface area contributed by atoms with Crippen LogP contribution in [0.5, 0.6) is 0 Å². The second-order valence-electron chi connectivity index (χ2n) is 6.79. The molecule has 1 aliphatic heterocycles. The molecular formula is C18H24N4O4S. The second-order valence-corrected chi connectivity index (χ2v) is 9.02. The Kier molecular flexibility index (Phi) is 5.50. The lowest BCUT2D eigenvalue weighted by atomic mass is 10.1. The van der Waals surface area contributed by atoms with Gasteiger partial charge in [-0.25, -0.2) is 4.21 Å². The van der Waals surface area contributed by atoms with Gasteiger partial charge in [0.15, 0.2) is 0 Å². The molecule has 0 N–H and O–H groups in total. The smallest absolute Gasteiger partial charge is 0.261 e. The molecule has 9 heteroatoms. The predicted octanol–water partition coefficient (Wildman–Crippen LogP) is 2.09. The number of nitrogens with zero attached hydrogens (tertiary/aromatic N) is 4. The molecule has 3 rings (SSSR count). The Bertz CT molecular complexity index is 954. The number of amides is 2. The van der Waals surface area contributed by atoms with Crippen LogP contribution in [-0.2, 0) is 38.8 Å². The van der Waals surface area contributed by atoms with Crippen molar-refractivity contribution < 1.29 is 18.2 Å². The van der Waals surface area contributed by atoms with E-state index < -0.39 is 15.6 Å². The van der Waals surface area contributed by atoms with Gasteiger partial charge in [-0.2, -0.15) is 9.46 Å². The van der Waals surface area contributed by atoms with Gasteiger partial charge < -0.3 is 9.32 Å². The van der Waals surface area contributed by atoms with Crippen molar-refractivity contribution in [3.63, 3.8) is 0 Å². The maximum atomic E-state index is 13.2. The first-order valence-electron chi connectivity index (χ1n) is 8.92. The van der Waals surface area contributed by atoms with E-state index in [1.807, 2.05) is 13.8 Å². The van der Waals surface area contributed by atoms with Crippen LogP contribution in [0, 0.1) is 5.92 Å². The van der Waals surface area contributed by atoms with Crippen molar-refractivity contribution in [3.05, 3.63) is 36.0 Å². The Hall–Kier alpha value is -2.42. The zero-order chi connectivity index (χ0) is 19.6. The molecule has 0 aromatic carbocycles. The molecule has 27 heavy (non-hydrogen) atoms. The van der Waals surface area contributed by atoms with E-state index >= 15 is 0 Å². The first kappa shape index (κ1) is 19.3. The summed E-state index contributed by atoms with van der Waals surface area (Å²) in [6.45, 7) is 5.31. The Morgan fingerprint density at radius 2 is 2.19 bits per heavy atom. The molecule has 2 aromatic rings. The average molecular weight is 392 g/mol. The molecule has 0 aliphatic carbocycles. The monoisotopic (exact) mass is 392 g/mol. The van der Waals surface area contributed by atoms with Crippen molar-refractivity contribution in [1.29, 1.82) is 0 Å². The van der Waals surface area contributed by atoms with E-state index in [4.69, 9.17) is 4.42 Å². The van der Waals surface area contributed by atoms with Gasteiger partial charge in [-0.3, -0.25) is 14.3 Å². The van der Waals surface area contributed by atoms with E-state index in [9.17, 15) is 13.8 Å². The zero-order valence-corrected chi connectivity index (χ0v) is 16.6. The highest BCUT2D eigenvalue weighted by Gasteiger charge is 2.28. The number of carbonyl (C=O) groups is 2. The normalized spacial score (nSPS) is 17.1. The highest BCUT2D eigenvalue weighted by Crippen LogP contribution is 2.24. The van der Waals surface area contributed by atoms with Crippen LogP contribution in [0.2, 0.25) is 0 Å². The van der Waals surface area contributed by atoms with Crippen molar-refractivity contribution in [2.45, 2.75) is 44.7 Å². The maximum Gasteiger partial charge on any atom is 0.261 e. The third-order valence-electron chi connectivity index (χ3n) is 4.77. The summed E-state index contributed by atoms with van der Waals surface area (Å²) in [6, 6.07) is 3.36. The third kappa shape index (κ3) is 4.13. The van der Waals surface area contributed by atoms with Crippen molar-refractivity contribution in [1.82, 2.24) is 14.7 Å². The molecule has 1 aliphatic rings. The Labute approximate surface area is 158 Å². The standard InChI is InChI=1S/C18H24N4O4S/c1-4-13(2)18(24)21-7-8-22-15(12-21)16(11-19-22)27(3,25)20-17(23)10-14-6-5-9-26-14/h5-6,9,11,13H,4,7-8,10,12H2,1-3H3. The van der Waals surface area contributed by atoms with E-state index in [0.717, 1.165) is 6.42 Å². The minimum Gasteiger partial charge on any atom is -0.469 e. The van der Waals surface area contributed by atoms with Gasteiger partial charge in [-0.05, 0) is 18.6 Å². The van der Waals surface area contributed by atoms with Gasteiger partial charge in [0.05, 0.1) is 52.3 Å². The summed E-state index contributed by atoms with van der Waals surface area (Å²) in [7, 11) is -2.97. The van der Waals surface area contributed by atoms with E-state index in [1.54, 1.807) is 21.7 Å². The molecule has 0 fully saturated rings. The molecular weight excluding hydrogens is 368 g/mol. The van der Waals surface area contributed by atoms with Crippen LogP contribution in [-0.4, -0.2) is 43.5 Å². The van der Waals surface area contributed by atoms with Gasteiger partial charge in [-0.1, -0.05) is 13.8 Å². The minimum atomic E-state index is -2.97. The van der Waals surface area contributed by atoms with E-state index in [1.165, 1.54) is 18.7 Å². The highest BCUT2D eigenvalue weighted by molar-refractivity contribution is 7.93. The molecule has 8 nitrogen and oxygen atoms in total. The van der Waals surface area contributed by atoms with Crippen LogP contribution >= 0.6 is 0 Å². The average Bonchev–Trinajstić information content (AvgIpc) is 3.28. The largest absolute Gasteiger partial charge is 0.469 e. The van der Waals surface area contributed by atoms with E-state index in [2.05, 4.69) is 9.46 Å². The molecule has 2 aromatic heterocycles. The fourth-order valence-corrected chi connectivity index (χ4v) is 4.45. The Morgan fingerprint density at radius 3 is 2.85 bits per heavy atom. The number of rotatable bonds is 5. The fraction of sp³-hybridized carbons (Fsp3) is 0.500. The predicted molar refractivity (Wildman–Crippen MR) is 99.3 cm³/mol. The number of furan rings is 1. The molecule has 146 valence electrons. The molecule has 0 saturated carbocycles. The summed E-state index contributed by atoms with van der Waals surface area (Å²) in [4.78, 5) is 26.9. The summed E-state index contributed by atoms with van der Waals surface area (Å²) < 4.78 is 24.0. The lowest BCUT2D eigenvalue weighted by Gasteiger charge is -2.30. The molecule has 3 heterocycles. The lowest BCUT2D eigenvalue weighted by Crippen LogP contribution is -2.41. The van der Waals surface area contributed by atoms with Crippen molar-refractivity contribution >= 4 is 21.5 Å². The maximum absolute atomic E-state index is 13.2. The lowest BCUT2D eigenvalue weighted by molar-refractivity contribution is -0.136. The SMILES string of the molecule is CCC(C)C(=O)N1CCn2ncc(S(C)(=O)=NC(=O)Cc3ccco3)c2C1. The summed E-state index contributed by atoms with van der Waals surface area (Å²) in [5.74, 6) is -0.0279. The molecule has 0 spiro atoms. The van der Waals surface area contributed by atoms with E-state index in [0.29, 0.717) is 36.0 Å². The molecule has 0 saturated heterocycles. The van der Waals surface area contributed by atoms with Crippen LogP contribution in [0.3, 0.4) is 0 Å². The first-order valence-corrected chi connectivity index (χ1v) is 10.8. The molecule has 2 amide bonds. The number of hydrogen-bond donors (Lipinski definition) is 0. The number of carbonyl (C=O) groups excluding carboxylic acids is 2. The molecule has 0 bridgehead atoms. The quantitative estimate of drug-likeness (QED) is 0.776.